The van der Waals surface area contributed by atoms with Crippen LogP contribution in [-0.4, -0.2) is 39.0 Å². The lowest BCUT2D eigenvalue weighted by Crippen LogP contribution is -2.30. The number of nitrogens with zero attached hydrogens (tertiary/aromatic N) is 2. The van der Waals surface area contributed by atoms with Crippen molar-refractivity contribution in [2.24, 2.45) is 0 Å². The molecule has 7 heteroatoms. The fourth-order valence-corrected chi connectivity index (χ4v) is 2.56. The van der Waals surface area contributed by atoms with E-state index in [4.69, 9.17) is 9.84 Å². The zero-order valence-electron chi connectivity index (χ0n) is 12.7. The summed E-state index contributed by atoms with van der Waals surface area (Å²) in [4.78, 5) is 23.0. The first kappa shape index (κ1) is 15.5. The molecule has 0 bridgehead atoms. The quantitative estimate of drug-likeness (QED) is 0.881. The normalized spacial score (nSPS) is 21.8. The molecule has 21 heavy (non-hydrogen) atoms. The first-order valence-corrected chi connectivity index (χ1v) is 7.06. The van der Waals surface area contributed by atoms with Crippen LogP contribution in [0.5, 0.6) is 0 Å². The Morgan fingerprint density at radius 3 is 2.43 bits per heavy atom. The van der Waals surface area contributed by atoms with Crippen LogP contribution in [0.15, 0.2) is 0 Å². The lowest BCUT2D eigenvalue weighted by Gasteiger charge is -2.13. The molecule has 0 aromatic carbocycles. The van der Waals surface area contributed by atoms with E-state index in [-0.39, 0.29) is 11.9 Å². The third-order valence-corrected chi connectivity index (χ3v) is 3.65. The van der Waals surface area contributed by atoms with E-state index >= 15 is 0 Å². The number of rotatable bonds is 4. The Kier molecular flexibility index (Phi) is 4.32. The van der Waals surface area contributed by atoms with Crippen LogP contribution in [0.4, 0.5) is 5.69 Å². The van der Waals surface area contributed by atoms with Gasteiger partial charge in [0.05, 0.1) is 17.1 Å². The molecule has 1 fully saturated rings. The summed E-state index contributed by atoms with van der Waals surface area (Å²) in [5.74, 6) is -1.33. The highest BCUT2D eigenvalue weighted by molar-refractivity contribution is 5.95. The molecule has 0 radical (unpaired) electrons. The van der Waals surface area contributed by atoms with Crippen molar-refractivity contribution in [2.45, 2.75) is 58.8 Å². The smallest absolute Gasteiger partial charge is 0.332 e. The number of nitrogens with one attached hydrogen (secondary N) is 1. The van der Waals surface area contributed by atoms with Gasteiger partial charge in [0.25, 0.3) is 5.91 Å². The van der Waals surface area contributed by atoms with E-state index in [1.165, 1.54) is 0 Å². The maximum absolute atomic E-state index is 12.2. The fourth-order valence-electron chi connectivity index (χ4n) is 2.56. The maximum atomic E-state index is 12.2. The number of aliphatic carboxylic acids is 1. The van der Waals surface area contributed by atoms with E-state index in [9.17, 15) is 9.59 Å². The predicted molar refractivity (Wildman–Crippen MR) is 76.2 cm³/mol. The van der Waals surface area contributed by atoms with Crippen molar-refractivity contribution in [2.75, 3.05) is 5.32 Å². The maximum Gasteiger partial charge on any atom is 0.332 e. The van der Waals surface area contributed by atoms with Crippen molar-refractivity contribution in [3.05, 3.63) is 11.4 Å². The number of carboxylic acids is 1. The van der Waals surface area contributed by atoms with Crippen LogP contribution in [0.1, 0.15) is 44.1 Å². The molecule has 1 saturated heterocycles. The Balaban J connectivity index is 2.09. The second kappa shape index (κ2) is 5.85. The number of anilines is 1. The van der Waals surface area contributed by atoms with Gasteiger partial charge in [-0.25, -0.2) is 4.79 Å². The summed E-state index contributed by atoms with van der Waals surface area (Å²) in [6.07, 6.45) is -0.829. The highest BCUT2D eigenvalue weighted by Gasteiger charge is 2.35. The SMILES string of the molecule is Cc1nn(C(C)C)c(C)c1NC(=O)C1CCC(C(=O)O)O1. The van der Waals surface area contributed by atoms with E-state index in [1.807, 2.05) is 32.4 Å². The molecule has 2 rings (SSSR count). The van der Waals surface area contributed by atoms with Gasteiger partial charge in [0.2, 0.25) is 0 Å². The van der Waals surface area contributed by atoms with E-state index in [0.29, 0.717) is 18.5 Å². The van der Waals surface area contributed by atoms with Crippen molar-refractivity contribution < 1.29 is 19.4 Å². The van der Waals surface area contributed by atoms with Crippen LogP contribution < -0.4 is 5.32 Å². The minimum absolute atomic E-state index is 0.202. The van der Waals surface area contributed by atoms with Gasteiger partial charge in [0.15, 0.2) is 6.10 Å². The molecule has 2 atom stereocenters. The summed E-state index contributed by atoms with van der Waals surface area (Å²) in [6, 6.07) is 0.202. The molecule has 2 unspecified atom stereocenters. The number of carbonyl (C=O) groups is 2. The fraction of sp³-hybridized carbons (Fsp3) is 0.643. The van der Waals surface area contributed by atoms with Gasteiger partial charge in [0.1, 0.15) is 6.10 Å². The van der Waals surface area contributed by atoms with Gasteiger partial charge in [-0.15, -0.1) is 0 Å². The van der Waals surface area contributed by atoms with Gasteiger partial charge in [-0.3, -0.25) is 9.48 Å². The zero-order valence-corrected chi connectivity index (χ0v) is 12.7. The topological polar surface area (TPSA) is 93.5 Å². The van der Waals surface area contributed by atoms with Crippen LogP contribution in [0, 0.1) is 13.8 Å². The minimum atomic E-state index is -1.02. The molecule has 0 saturated carbocycles. The average molecular weight is 295 g/mol. The second-order valence-electron chi connectivity index (χ2n) is 5.60. The summed E-state index contributed by atoms with van der Waals surface area (Å²) < 4.78 is 7.10. The van der Waals surface area contributed by atoms with Crippen LogP contribution >= 0.6 is 0 Å². The molecule has 116 valence electrons. The highest BCUT2D eigenvalue weighted by Crippen LogP contribution is 2.25. The van der Waals surface area contributed by atoms with E-state index < -0.39 is 18.2 Å². The van der Waals surface area contributed by atoms with Crippen molar-refractivity contribution in [1.29, 1.82) is 0 Å². The number of hydrogen-bond acceptors (Lipinski definition) is 4. The molecule has 0 spiro atoms. The van der Waals surface area contributed by atoms with Gasteiger partial charge >= 0.3 is 5.97 Å². The van der Waals surface area contributed by atoms with Crippen LogP contribution in [0.3, 0.4) is 0 Å². The van der Waals surface area contributed by atoms with Crippen LogP contribution in [-0.2, 0) is 14.3 Å². The van der Waals surface area contributed by atoms with E-state index in [1.54, 1.807) is 0 Å². The molecular weight excluding hydrogens is 274 g/mol. The Hall–Kier alpha value is -1.89. The Bertz CT molecular complexity index is 565. The molecule has 1 aliphatic rings. The van der Waals surface area contributed by atoms with E-state index in [2.05, 4.69) is 10.4 Å². The van der Waals surface area contributed by atoms with Crippen molar-refractivity contribution >= 4 is 17.6 Å². The van der Waals surface area contributed by atoms with Crippen molar-refractivity contribution in [3.8, 4) is 0 Å². The lowest BCUT2D eigenvalue weighted by atomic mass is 10.2. The number of aryl methyl sites for hydroxylation is 1. The summed E-state index contributed by atoms with van der Waals surface area (Å²) in [5, 5.41) is 16.1. The van der Waals surface area contributed by atoms with Gasteiger partial charge < -0.3 is 15.2 Å². The first-order chi connectivity index (χ1) is 9.81. The third-order valence-electron chi connectivity index (χ3n) is 3.65. The van der Waals surface area contributed by atoms with Gasteiger partial charge in [0, 0.05) is 6.04 Å². The van der Waals surface area contributed by atoms with Crippen LogP contribution in [0.25, 0.3) is 0 Å². The molecule has 1 aromatic heterocycles. The molecule has 1 aliphatic heterocycles. The summed E-state index contributed by atoms with van der Waals surface area (Å²) in [6.45, 7) is 7.76. The average Bonchev–Trinajstić information content (AvgIpc) is 2.99. The number of carboxylic acid groups (broad SMARTS) is 1. The van der Waals surface area contributed by atoms with Gasteiger partial charge in [-0.2, -0.15) is 5.10 Å². The predicted octanol–water partition coefficient (Wildman–Crippen LogP) is 1.65. The number of hydrogen-bond donors (Lipinski definition) is 2. The Morgan fingerprint density at radius 1 is 1.33 bits per heavy atom. The largest absolute Gasteiger partial charge is 0.479 e. The standard InChI is InChI=1S/C14H21N3O4/c1-7(2)17-9(4)12(8(3)16-17)15-13(18)10-5-6-11(21-10)14(19)20/h7,10-11H,5-6H2,1-4H3,(H,15,18)(H,19,20). The number of carbonyl (C=O) groups excluding carboxylic acids is 1. The summed E-state index contributed by atoms with van der Waals surface area (Å²) in [7, 11) is 0. The Labute approximate surface area is 123 Å². The van der Waals surface area contributed by atoms with Gasteiger partial charge in [-0.1, -0.05) is 0 Å². The second-order valence-corrected chi connectivity index (χ2v) is 5.60. The van der Waals surface area contributed by atoms with Gasteiger partial charge in [-0.05, 0) is 40.5 Å². The molecule has 1 aromatic rings. The molecule has 0 aliphatic carbocycles. The third kappa shape index (κ3) is 3.07. The summed E-state index contributed by atoms with van der Waals surface area (Å²) >= 11 is 0. The number of aromatic nitrogens is 2. The zero-order chi connectivity index (χ0) is 15.7. The molecule has 7 nitrogen and oxygen atoms in total. The minimum Gasteiger partial charge on any atom is -0.479 e. The van der Waals surface area contributed by atoms with Crippen molar-refractivity contribution in [1.82, 2.24) is 9.78 Å². The molecule has 2 heterocycles. The Morgan fingerprint density at radius 2 is 1.95 bits per heavy atom. The molecular formula is C14H21N3O4. The molecule has 1 amide bonds. The van der Waals surface area contributed by atoms with Crippen molar-refractivity contribution in [3.63, 3.8) is 0 Å². The summed E-state index contributed by atoms with van der Waals surface area (Å²) in [5.41, 5.74) is 2.29. The monoisotopic (exact) mass is 295 g/mol. The first-order valence-electron chi connectivity index (χ1n) is 7.06. The molecule has 2 N–H and O–H groups in total. The van der Waals surface area contributed by atoms with E-state index in [0.717, 1.165) is 11.4 Å². The highest BCUT2D eigenvalue weighted by atomic mass is 16.5. The van der Waals surface area contributed by atoms with Crippen LogP contribution in [0.2, 0.25) is 0 Å². The number of amides is 1. The number of ether oxygens (including phenoxy) is 1. The lowest BCUT2D eigenvalue weighted by molar-refractivity contribution is -0.150.